The van der Waals surface area contributed by atoms with Gasteiger partial charge in [-0.2, -0.15) is 0 Å². The first kappa shape index (κ1) is 11.9. The van der Waals surface area contributed by atoms with E-state index in [0.717, 1.165) is 34.3 Å². The molecule has 1 fully saturated rings. The molecule has 5 heteroatoms. The van der Waals surface area contributed by atoms with Crippen molar-refractivity contribution in [2.75, 3.05) is 12.3 Å². The Labute approximate surface area is 121 Å². The molecule has 1 atom stereocenters. The number of aliphatic hydroxyl groups is 1. The van der Waals surface area contributed by atoms with Crippen molar-refractivity contribution in [3.05, 3.63) is 59.9 Å². The van der Waals surface area contributed by atoms with E-state index in [0.29, 0.717) is 0 Å². The van der Waals surface area contributed by atoms with Crippen LogP contribution in [-0.2, 0) is 5.72 Å². The number of thioether (sulfide) groups is 1. The van der Waals surface area contributed by atoms with Crippen LogP contribution >= 0.6 is 11.8 Å². The summed E-state index contributed by atoms with van der Waals surface area (Å²) in [5.74, 6) is 0.940. The van der Waals surface area contributed by atoms with E-state index in [2.05, 4.69) is 9.98 Å². The summed E-state index contributed by atoms with van der Waals surface area (Å²) in [4.78, 5) is 10.7. The number of aliphatic imine (C=N–C) groups is 1. The molecule has 4 nitrogen and oxygen atoms in total. The largest absolute Gasteiger partial charge is 0.363 e. The summed E-state index contributed by atoms with van der Waals surface area (Å²) < 4.78 is 0. The van der Waals surface area contributed by atoms with Crippen molar-refractivity contribution in [1.82, 2.24) is 9.88 Å². The predicted octanol–water partition coefficient (Wildman–Crippen LogP) is 2.32. The van der Waals surface area contributed by atoms with Crippen LogP contribution in [0.2, 0.25) is 0 Å². The number of hydrogen-bond donors (Lipinski definition) is 1. The average Bonchev–Trinajstić information content (AvgIpc) is 2.97. The third kappa shape index (κ3) is 1.53. The first-order chi connectivity index (χ1) is 9.80. The van der Waals surface area contributed by atoms with E-state index in [9.17, 15) is 5.11 Å². The lowest BCUT2D eigenvalue weighted by Crippen LogP contribution is -2.49. The molecule has 1 unspecified atom stereocenters. The standard InChI is InChI=1S/C15H13N3OS/c19-15(11-4-2-1-3-5-11)12-6-7-16-10-13(12)17-14-18(15)8-9-20-14/h1-7,10,19H,8-9H2. The number of pyridine rings is 1. The molecule has 0 saturated carbocycles. The highest BCUT2D eigenvalue weighted by atomic mass is 32.2. The minimum atomic E-state index is -1.15. The van der Waals surface area contributed by atoms with Gasteiger partial charge in [0.1, 0.15) is 0 Å². The number of hydrogen-bond acceptors (Lipinski definition) is 5. The van der Waals surface area contributed by atoms with Crippen LogP contribution in [0.4, 0.5) is 5.69 Å². The van der Waals surface area contributed by atoms with Crippen LogP contribution in [0.25, 0.3) is 0 Å². The molecule has 0 bridgehead atoms. The van der Waals surface area contributed by atoms with Crippen LogP contribution in [0.3, 0.4) is 0 Å². The van der Waals surface area contributed by atoms with Gasteiger partial charge >= 0.3 is 0 Å². The average molecular weight is 283 g/mol. The minimum absolute atomic E-state index is 0.750. The van der Waals surface area contributed by atoms with Crippen molar-refractivity contribution < 1.29 is 5.11 Å². The molecule has 1 aromatic heterocycles. The van der Waals surface area contributed by atoms with Gasteiger partial charge in [-0.25, -0.2) is 4.99 Å². The second-order valence-electron chi connectivity index (χ2n) is 4.83. The van der Waals surface area contributed by atoms with Crippen LogP contribution in [-0.4, -0.2) is 32.5 Å². The van der Waals surface area contributed by atoms with E-state index in [-0.39, 0.29) is 0 Å². The molecule has 4 rings (SSSR count). The van der Waals surface area contributed by atoms with E-state index in [1.54, 1.807) is 24.2 Å². The number of fused-ring (bicyclic) bond motifs is 2. The van der Waals surface area contributed by atoms with Gasteiger partial charge in [0.2, 0.25) is 0 Å². The highest BCUT2D eigenvalue weighted by molar-refractivity contribution is 8.14. The quantitative estimate of drug-likeness (QED) is 0.872. The molecule has 0 spiro atoms. The molecule has 3 heterocycles. The molecule has 1 N–H and O–H groups in total. The van der Waals surface area contributed by atoms with Gasteiger partial charge in [-0.05, 0) is 6.07 Å². The summed E-state index contributed by atoms with van der Waals surface area (Å²) in [6.07, 6.45) is 3.42. The highest BCUT2D eigenvalue weighted by Crippen LogP contribution is 2.45. The fourth-order valence-corrected chi connectivity index (χ4v) is 3.79. The Morgan fingerprint density at radius 2 is 2.05 bits per heavy atom. The first-order valence-corrected chi connectivity index (χ1v) is 7.50. The fraction of sp³-hybridized carbons (Fsp3) is 0.200. The summed E-state index contributed by atoms with van der Waals surface area (Å²) in [6.45, 7) is 0.788. The van der Waals surface area contributed by atoms with Crippen LogP contribution in [0.5, 0.6) is 0 Å². The van der Waals surface area contributed by atoms with E-state index >= 15 is 0 Å². The molecule has 1 saturated heterocycles. The Morgan fingerprint density at radius 3 is 2.90 bits per heavy atom. The monoisotopic (exact) mass is 283 g/mol. The topological polar surface area (TPSA) is 48.7 Å². The Balaban J connectivity index is 1.99. The third-order valence-corrected chi connectivity index (χ3v) is 4.69. The summed E-state index contributed by atoms with van der Waals surface area (Å²) in [7, 11) is 0. The molecule has 1 aromatic carbocycles. The normalized spacial score (nSPS) is 24.1. The van der Waals surface area contributed by atoms with E-state index in [1.165, 1.54) is 0 Å². The second kappa shape index (κ2) is 4.33. The summed E-state index contributed by atoms with van der Waals surface area (Å²) in [5.41, 5.74) is 1.26. The first-order valence-electron chi connectivity index (χ1n) is 6.51. The smallest absolute Gasteiger partial charge is 0.195 e. The van der Waals surface area contributed by atoms with Crippen molar-refractivity contribution in [2.24, 2.45) is 4.99 Å². The Hall–Kier alpha value is -1.85. The van der Waals surface area contributed by atoms with Gasteiger partial charge in [0.25, 0.3) is 0 Å². The molecule has 100 valence electrons. The molecular formula is C15H13N3OS. The van der Waals surface area contributed by atoms with Gasteiger partial charge in [0.05, 0.1) is 11.9 Å². The Kier molecular flexibility index (Phi) is 2.58. The number of benzene rings is 1. The number of nitrogens with zero attached hydrogens (tertiary/aromatic N) is 3. The zero-order valence-electron chi connectivity index (χ0n) is 10.7. The maximum Gasteiger partial charge on any atom is 0.195 e. The van der Waals surface area contributed by atoms with Crippen molar-refractivity contribution in [3.8, 4) is 0 Å². The molecule has 2 aliphatic heterocycles. The lowest BCUT2D eigenvalue weighted by molar-refractivity contribution is -0.0329. The van der Waals surface area contributed by atoms with Crippen LogP contribution in [0, 0.1) is 0 Å². The fourth-order valence-electron chi connectivity index (χ4n) is 2.79. The van der Waals surface area contributed by atoms with E-state index in [1.807, 2.05) is 41.3 Å². The van der Waals surface area contributed by atoms with Gasteiger partial charge in [-0.15, -0.1) is 0 Å². The van der Waals surface area contributed by atoms with E-state index < -0.39 is 5.72 Å². The zero-order valence-corrected chi connectivity index (χ0v) is 11.5. The van der Waals surface area contributed by atoms with Gasteiger partial charge in [-0.1, -0.05) is 42.1 Å². The maximum absolute atomic E-state index is 11.5. The lowest BCUT2D eigenvalue weighted by Gasteiger charge is -2.41. The number of rotatable bonds is 1. The summed E-state index contributed by atoms with van der Waals surface area (Å²) in [6, 6.07) is 11.6. The molecule has 0 amide bonds. The molecule has 0 aliphatic carbocycles. The van der Waals surface area contributed by atoms with Crippen LogP contribution in [0.1, 0.15) is 11.1 Å². The minimum Gasteiger partial charge on any atom is -0.363 e. The van der Waals surface area contributed by atoms with Gasteiger partial charge in [-0.3, -0.25) is 4.98 Å². The predicted molar refractivity (Wildman–Crippen MR) is 79.9 cm³/mol. The maximum atomic E-state index is 11.5. The highest BCUT2D eigenvalue weighted by Gasteiger charge is 2.46. The second-order valence-corrected chi connectivity index (χ2v) is 5.89. The molecule has 2 aromatic rings. The van der Waals surface area contributed by atoms with E-state index in [4.69, 9.17) is 0 Å². The molecule has 20 heavy (non-hydrogen) atoms. The lowest BCUT2D eigenvalue weighted by atomic mass is 9.91. The Morgan fingerprint density at radius 1 is 1.20 bits per heavy atom. The molecule has 0 radical (unpaired) electrons. The van der Waals surface area contributed by atoms with Gasteiger partial charge in [0, 0.05) is 29.6 Å². The number of amidine groups is 1. The number of aromatic nitrogens is 1. The van der Waals surface area contributed by atoms with Gasteiger partial charge in [0.15, 0.2) is 10.9 Å². The van der Waals surface area contributed by atoms with Crippen molar-refractivity contribution in [2.45, 2.75) is 5.72 Å². The summed E-state index contributed by atoms with van der Waals surface area (Å²) in [5, 5.41) is 12.3. The Bertz CT molecular complexity index is 689. The molecule has 2 aliphatic rings. The summed E-state index contributed by atoms with van der Waals surface area (Å²) >= 11 is 1.67. The SMILES string of the molecule is OC1(c2ccccc2)c2ccncc2N=C2SCCN21. The molecular weight excluding hydrogens is 270 g/mol. The zero-order chi connectivity index (χ0) is 13.6. The van der Waals surface area contributed by atoms with Crippen molar-refractivity contribution >= 4 is 22.6 Å². The van der Waals surface area contributed by atoms with Gasteiger partial charge < -0.3 is 10.0 Å². The van der Waals surface area contributed by atoms with Crippen molar-refractivity contribution in [3.63, 3.8) is 0 Å². The third-order valence-electron chi connectivity index (χ3n) is 3.74. The van der Waals surface area contributed by atoms with Crippen molar-refractivity contribution in [1.29, 1.82) is 0 Å². The van der Waals surface area contributed by atoms with Crippen LogP contribution in [0.15, 0.2) is 53.8 Å². The van der Waals surface area contributed by atoms with Crippen LogP contribution < -0.4 is 0 Å².